The number of aromatic carboxylic acids is 1. The molecule has 0 spiro atoms. The highest BCUT2D eigenvalue weighted by Crippen LogP contribution is 2.22. The van der Waals surface area contributed by atoms with Crippen LogP contribution in [0, 0.1) is 0 Å². The number of halogens is 1. The summed E-state index contributed by atoms with van der Waals surface area (Å²) in [5.74, 6) is -1.04. The summed E-state index contributed by atoms with van der Waals surface area (Å²) in [7, 11) is 0. The van der Waals surface area contributed by atoms with Gasteiger partial charge in [0.2, 0.25) is 0 Å². The molecule has 1 heterocycles. The summed E-state index contributed by atoms with van der Waals surface area (Å²) in [6, 6.07) is 6.82. The molecule has 0 saturated carbocycles. The van der Waals surface area contributed by atoms with E-state index in [-0.39, 0.29) is 5.69 Å². The third-order valence-electron chi connectivity index (χ3n) is 1.93. The van der Waals surface area contributed by atoms with Crippen LogP contribution in [0.3, 0.4) is 0 Å². The number of hydrogen-bond acceptors (Lipinski definition) is 2. The molecular formula is C10H6ClNO2. The van der Waals surface area contributed by atoms with E-state index in [4.69, 9.17) is 16.7 Å². The molecule has 70 valence electrons. The minimum Gasteiger partial charge on any atom is -0.477 e. The number of fused-ring (bicyclic) bond motifs is 1. The molecule has 0 amide bonds. The highest BCUT2D eigenvalue weighted by molar-refractivity contribution is 6.35. The lowest BCUT2D eigenvalue weighted by Crippen LogP contribution is -1.99. The first kappa shape index (κ1) is 8.97. The quantitative estimate of drug-likeness (QED) is 0.782. The standard InChI is InChI=1S/C10H6ClNO2/c11-8-3-1-2-6-4-9(10(13)14)12-5-7(6)8/h1-5H,(H,13,14). The Morgan fingerprint density at radius 1 is 1.43 bits per heavy atom. The first-order chi connectivity index (χ1) is 6.68. The average Bonchev–Trinajstić information content (AvgIpc) is 2.17. The first-order valence-corrected chi connectivity index (χ1v) is 4.34. The van der Waals surface area contributed by atoms with Gasteiger partial charge in [0.15, 0.2) is 0 Å². The predicted octanol–water partition coefficient (Wildman–Crippen LogP) is 2.59. The molecule has 1 N–H and O–H groups in total. The van der Waals surface area contributed by atoms with E-state index in [0.717, 1.165) is 10.8 Å². The van der Waals surface area contributed by atoms with Crippen molar-refractivity contribution in [3.05, 3.63) is 41.2 Å². The van der Waals surface area contributed by atoms with Crippen molar-refractivity contribution in [2.45, 2.75) is 0 Å². The van der Waals surface area contributed by atoms with Gasteiger partial charge in [-0.3, -0.25) is 0 Å². The second-order valence-corrected chi connectivity index (χ2v) is 3.24. The minimum atomic E-state index is -1.04. The van der Waals surface area contributed by atoms with Crippen LogP contribution in [0.2, 0.25) is 5.02 Å². The number of hydrogen-bond donors (Lipinski definition) is 1. The predicted molar refractivity (Wildman–Crippen MR) is 53.7 cm³/mol. The van der Waals surface area contributed by atoms with E-state index in [1.165, 1.54) is 12.3 Å². The van der Waals surface area contributed by atoms with Crippen molar-refractivity contribution in [3.63, 3.8) is 0 Å². The van der Waals surface area contributed by atoms with Crippen LogP contribution in [0.5, 0.6) is 0 Å². The highest BCUT2D eigenvalue weighted by Gasteiger charge is 2.06. The molecule has 14 heavy (non-hydrogen) atoms. The van der Waals surface area contributed by atoms with Crippen molar-refractivity contribution < 1.29 is 9.90 Å². The second-order valence-electron chi connectivity index (χ2n) is 2.84. The minimum absolute atomic E-state index is 0.0276. The van der Waals surface area contributed by atoms with Gasteiger partial charge in [0.05, 0.1) is 0 Å². The summed E-state index contributed by atoms with van der Waals surface area (Å²) in [5, 5.41) is 10.8. The van der Waals surface area contributed by atoms with E-state index in [2.05, 4.69) is 4.98 Å². The lowest BCUT2D eigenvalue weighted by atomic mass is 10.1. The molecule has 1 aromatic carbocycles. The van der Waals surface area contributed by atoms with Gasteiger partial charge in [0.25, 0.3) is 0 Å². The Labute approximate surface area is 85.0 Å². The fourth-order valence-corrected chi connectivity index (χ4v) is 1.48. The Morgan fingerprint density at radius 2 is 2.21 bits per heavy atom. The molecule has 0 fully saturated rings. The van der Waals surface area contributed by atoms with Crippen molar-refractivity contribution in [2.24, 2.45) is 0 Å². The van der Waals surface area contributed by atoms with Crippen LogP contribution < -0.4 is 0 Å². The van der Waals surface area contributed by atoms with Crippen LogP contribution in [-0.4, -0.2) is 16.1 Å². The van der Waals surface area contributed by atoms with E-state index in [9.17, 15) is 4.79 Å². The van der Waals surface area contributed by atoms with E-state index >= 15 is 0 Å². The average molecular weight is 208 g/mol. The zero-order chi connectivity index (χ0) is 10.1. The van der Waals surface area contributed by atoms with Crippen molar-refractivity contribution in [1.29, 1.82) is 0 Å². The Hall–Kier alpha value is -1.61. The largest absolute Gasteiger partial charge is 0.477 e. The Morgan fingerprint density at radius 3 is 2.93 bits per heavy atom. The van der Waals surface area contributed by atoms with Crippen LogP contribution in [0.1, 0.15) is 10.5 Å². The Bertz CT molecular complexity index is 510. The maximum atomic E-state index is 10.6. The van der Waals surface area contributed by atoms with Gasteiger partial charge in [-0.1, -0.05) is 23.7 Å². The zero-order valence-electron chi connectivity index (χ0n) is 7.07. The second kappa shape index (κ2) is 3.27. The molecule has 2 aromatic rings. The number of carboxylic acids is 1. The highest BCUT2D eigenvalue weighted by atomic mass is 35.5. The van der Waals surface area contributed by atoms with Crippen LogP contribution in [0.4, 0.5) is 0 Å². The lowest BCUT2D eigenvalue weighted by molar-refractivity contribution is 0.0691. The molecule has 0 aliphatic heterocycles. The Balaban J connectivity index is 2.73. The number of rotatable bonds is 1. The lowest BCUT2D eigenvalue weighted by Gasteiger charge is -2.00. The molecule has 2 rings (SSSR count). The summed E-state index contributed by atoms with van der Waals surface area (Å²) in [6.45, 7) is 0. The molecule has 0 aliphatic carbocycles. The number of benzene rings is 1. The number of carboxylic acid groups (broad SMARTS) is 1. The van der Waals surface area contributed by atoms with E-state index < -0.39 is 5.97 Å². The molecule has 0 saturated heterocycles. The van der Waals surface area contributed by atoms with Crippen molar-refractivity contribution in [2.75, 3.05) is 0 Å². The van der Waals surface area contributed by atoms with Gasteiger partial charge in [0.1, 0.15) is 5.69 Å². The number of aromatic nitrogens is 1. The molecule has 0 bridgehead atoms. The molecule has 0 unspecified atom stereocenters. The summed E-state index contributed by atoms with van der Waals surface area (Å²) in [5.41, 5.74) is 0.0276. The third-order valence-corrected chi connectivity index (χ3v) is 2.26. The third kappa shape index (κ3) is 1.42. The SMILES string of the molecule is O=C(O)c1cc2cccc(Cl)c2cn1. The summed E-state index contributed by atoms with van der Waals surface area (Å²) < 4.78 is 0. The van der Waals surface area contributed by atoms with Crippen LogP contribution in [0.25, 0.3) is 10.8 Å². The van der Waals surface area contributed by atoms with Gasteiger partial charge in [0, 0.05) is 16.6 Å². The first-order valence-electron chi connectivity index (χ1n) is 3.96. The molecule has 0 aliphatic rings. The summed E-state index contributed by atoms with van der Waals surface area (Å²) in [6.07, 6.45) is 1.47. The number of carbonyl (C=O) groups is 1. The Kier molecular flexibility index (Phi) is 2.09. The topological polar surface area (TPSA) is 50.2 Å². The van der Waals surface area contributed by atoms with Gasteiger partial charge in [-0.25, -0.2) is 9.78 Å². The van der Waals surface area contributed by atoms with E-state index in [1.54, 1.807) is 18.2 Å². The van der Waals surface area contributed by atoms with Crippen LogP contribution >= 0.6 is 11.6 Å². The molecule has 4 heteroatoms. The van der Waals surface area contributed by atoms with E-state index in [0.29, 0.717) is 5.02 Å². The van der Waals surface area contributed by atoms with Crippen molar-refractivity contribution >= 4 is 28.3 Å². The zero-order valence-corrected chi connectivity index (χ0v) is 7.82. The molecular weight excluding hydrogens is 202 g/mol. The molecule has 0 radical (unpaired) electrons. The summed E-state index contributed by atoms with van der Waals surface area (Å²) >= 11 is 5.90. The van der Waals surface area contributed by atoms with Crippen LogP contribution in [0.15, 0.2) is 30.5 Å². The molecule has 1 aromatic heterocycles. The molecule has 3 nitrogen and oxygen atoms in total. The van der Waals surface area contributed by atoms with Gasteiger partial charge in [-0.05, 0) is 17.5 Å². The maximum absolute atomic E-state index is 10.6. The van der Waals surface area contributed by atoms with Gasteiger partial charge in [-0.15, -0.1) is 0 Å². The fraction of sp³-hybridized carbons (Fsp3) is 0. The van der Waals surface area contributed by atoms with Crippen molar-refractivity contribution in [3.8, 4) is 0 Å². The van der Waals surface area contributed by atoms with Gasteiger partial charge >= 0.3 is 5.97 Å². The maximum Gasteiger partial charge on any atom is 0.354 e. The van der Waals surface area contributed by atoms with E-state index in [1.807, 2.05) is 0 Å². The molecule has 0 atom stereocenters. The fourth-order valence-electron chi connectivity index (χ4n) is 1.25. The van der Waals surface area contributed by atoms with Gasteiger partial charge in [-0.2, -0.15) is 0 Å². The number of pyridine rings is 1. The van der Waals surface area contributed by atoms with Crippen molar-refractivity contribution in [1.82, 2.24) is 4.98 Å². The smallest absolute Gasteiger partial charge is 0.354 e. The summed E-state index contributed by atoms with van der Waals surface area (Å²) in [4.78, 5) is 14.4. The van der Waals surface area contributed by atoms with Crippen LogP contribution in [-0.2, 0) is 0 Å². The number of nitrogens with zero attached hydrogens (tertiary/aromatic N) is 1. The normalized spacial score (nSPS) is 10.4. The monoisotopic (exact) mass is 207 g/mol. The van der Waals surface area contributed by atoms with Gasteiger partial charge < -0.3 is 5.11 Å².